The van der Waals surface area contributed by atoms with Gasteiger partial charge in [0.25, 0.3) is 0 Å². The molecule has 0 atom stereocenters. The van der Waals surface area contributed by atoms with Gasteiger partial charge in [0.05, 0.1) is 0 Å². The van der Waals surface area contributed by atoms with E-state index < -0.39 is 0 Å². The molecule has 0 unspecified atom stereocenters. The molecule has 94 valence electrons. The van der Waals surface area contributed by atoms with Crippen molar-refractivity contribution in [1.82, 2.24) is 5.32 Å². The van der Waals surface area contributed by atoms with Crippen LogP contribution in [0, 0.1) is 5.92 Å². The first-order chi connectivity index (χ1) is 8.29. The average molecular weight is 232 g/mol. The van der Waals surface area contributed by atoms with E-state index in [4.69, 9.17) is 0 Å². The summed E-state index contributed by atoms with van der Waals surface area (Å²) in [4.78, 5) is 2.40. The summed E-state index contributed by atoms with van der Waals surface area (Å²) in [5.74, 6) is 0.854. The van der Waals surface area contributed by atoms with Crippen LogP contribution in [0.1, 0.15) is 25.3 Å². The maximum Gasteiger partial charge on any atom is 0.0363 e. The van der Waals surface area contributed by atoms with Crippen LogP contribution in [0.25, 0.3) is 0 Å². The van der Waals surface area contributed by atoms with Gasteiger partial charge in [0.15, 0.2) is 0 Å². The summed E-state index contributed by atoms with van der Waals surface area (Å²) in [6, 6.07) is 8.99. The van der Waals surface area contributed by atoms with Gasteiger partial charge in [-0.1, -0.05) is 19.1 Å². The Labute approximate surface area is 105 Å². The van der Waals surface area contributed by atoms with E-state index in [0.717, 1.165) is 12.3 Å². The summed E-state index contributed by atoms with van der Waals surface area (Å²) < 4.78 is 0. The molecule has 0 aromatic heterocycles. The highest BCUT2D eigenvalue weighted by Crippen LogP contribution is 2.19. The predicted octanol–water partition coefficient (Wildman–Crippen LogP) is 2.68. The van der Waals surface area contributed by atoms with E-state index in [0.29, 0.717) is 0 Å². The number of nitrogens with one attached hydrogen (secondary N) is 1. The maximum absolute atomic E-state index is 3.42. The molecule has 1 aliphatic heterocycles. The summed E-state index contributed by atoms with van der Waals surface area (Å²) in [6.07, 6.45) is 3.76. The molecule has 1 aliphatic rings. The zero-order valence-electron chi connectivity index (χ0n) is 11.1. The normalized spacial score (nSPS) is 17.1. The van der Waals surface area contributed by atoms with Crippen molar-refractivity contribution in [2.75, 3.05) is 31.6 Å². The number of aryl methyl sites for hydroxylation is 1. The summed E-state index contributed by atoms with van der Waals surface area (Å²) in [7, 11) is 2.21. The minimum Gasteiger partial charge on any atom is -0.374 e. The van der Waals surface area contributed by atoms with Crippen LogP contribution in [0.3, 0.4) is 0 Å². The number of rotatable bonds is 4. The molecule has 1 fully saturated rings. The molecule has 1 N–H and O–H groups in total. The molecule has 0 bridgehead atoms. The fraction of sp³-hybridized carbons (Fsp3) is 0.600. The van der Waals surface area contributed by atoms with Crippen molar-refractivity contribution in [3.8, 4) is 0 Å². The first-order valence-electron chi connectivity index (χ1n) is 6.80. The van der Waals surface area contributed by atoms with Crippen molar-refractivity contribution >= 4 is 5.69 Å². The Hall–Kier alpha value is -1.02. The third-order valence-electron chi connectivity index (χ3n) is 3.78. The van der Waals surface area contributed by atoms with Gasteiger partial charge in [-0.25, -0.2) is 0 Å². The van der Waals surface area contributed by atoms with Crippen LogP contribution >= 0.6 is 0 Å². The van der Waals surface area contributed by atoms with Gasteiger partial charge in [-0.2, -0.15) is 0 Å². The number of anilines is 1. The van der Waals surface area contributed by atoms with Crippen LogP contribution < -0.4 is 10.2 Å². The molecule has 0 radical (unpaired) electrons. The minimum atomic E-state index is 0.854. The average Bonchev–Trinajstić information content (AvgIpc) is 2.40. The lowest BCUT2D eigenvalue weighted by molar-refractivity contribution is 0.378. The van der Waals surface area contributed by atoms with Crippen molar-refractivity contribution < 1.29 is 0 Å². The molecule has 2 rings (SSSR count). The van der Waals surface area contributed by atoms with Crippen LogP contribution in [0.4, 0.5) is 5.69 Å². The van der Waals surface area contributed by atoms with Gasteiger partial charge in [-0.3, -0.25) is 0 Å². The van der Waals surface area contributed by atoms with Crippen LogP contribution in [0.2, 0.25) is 0 Å². The first-order valence-corrected chi connectivity index (χ1v) is 6.80. The molecule has 1 heterocycles. The van der Waals surface area contributed by atoms with Crippen LogP contribution in [0.15, 0.2) is 24.3 Å². The first kappa shape index (κ1) is 12.4. The Bertz CT molecular complexity index is 325. The van der Waals surface area contributed by atoms with Crippen LogP contribution in [0.5, 0.6) is 0 Å². The topological polar surface area (TPSA) is 15.3 Å². The van der Waals surface area contributed by atoms with E-state index in [2.05, 4.69) is 48.5 Å². The maximum atomic E-state index is 3.42. The summed E-state index contributed by atoms with van der Waals surface area (Å²) in [5, 5.41) is 3.42. The third kappa shape index (κ3) is 3.47. The molecule has 1 aromatic carbocycles. The molecule has 0 spiro atoms. The van der Waals surface area contributed by atoms with Crippen molar-refractivity contribution in [3.63, 3.8) is 0 Å². The fourth-order valence-corrected chi connectivity index (χ4v) is 2.54. The summed E-state index contributed by atoms with van der Waals surface area (Å²) in [6.45, 7) is 5.77. The lowest BCUT2D eigenvalue weighted by atomic mass is 9.97. The second-order valence-corrected chi connectivity index (χ2v) is 5.09. The van der Waals surface area contributed by atoms with E-state index in [9.17, 15) is 0 Å². The Kier molecular flexibility index (Phi) is 4.43. The SMILES string of the molecule is CCc1ccc(N(C)CC2CCNCC2)cc1. The number of hydrogen-bond acceptors (Lipinski definition) is 2. The van der Waals surface area contributed by atoms with E-state index in [1.165, 1.54) is 43.7 Å². The summed E-state index contributed by atoms with van der Waals surface area (Å²) in [5.41, 5.74) is 2.77. The Morgan fingerprint density at radius 3 is 2.41 bits per heavy atom. The second kappa shape index (κ2) is 6.06. The zero-order chi connectivity index (χ0) is 12.1. The van der Waals surface area contributed by atoms with E-state index >= 15 is 0 Å². The van der Waals surface area contributed by atoms with Gasteiger partial charge in [0.1, 0.15) is 0 Å². The monoisotopic (exact) mass is 232 g/mol. The molecule has 0 saturated carbocycles. The molecule has 0 aliphatic carbocycles. The quantitative estimate of drug-likeness (QED) is 0.858. The standard InChI is InChI=1S/C15H24N2/c1-3-13-4-6-15(7-5-13)17(2)12-14-8-10-16-11-9-14/h4-7,14,16H,3,8-12H2,1-2H3. The van der Waals surface area contributed by atoms with Crippen molar-refractivity contribution in [1.29, 1.82) is 0 Å². The molecular formula is C15H24N2. The van der Waals surface area contributed by atoms with Crippen molar-refractivity contribution in [3.05, 3.63) is 29.8 Å². The fourth-order valence-electron chi connectivity index (χ4n) is 2.54. The lowest BCUT2D eigenvalue weighted by Crippen LogP contribution is -2.34. The van der Waals surface area contributed by atoms with Gasteiger partial charge in [-0.15, -0.1) is 0 Å². The molecule has 0 amide bonds. The van der Waals surface area contributed by atoms with Gasteiger partial charge >= 0.3 is 0 Å². The highest BCUT2D eigenvalue weighted by Gasteiger charge is 2.15. The van der Waals surface area contributed by atoms with E-state index in [-0.39, 0.29) is 0 Å². The van der Waals surface area contributed by atoms with Crippen molar-refractivity contribution in [2.24, 2.45) is 5.92 Å². The Balaban J connectivity index is 1.91. The Morgan fingerprint density at radius 1 is 1.18 bits per heavy atom. The third-order valence-corrected chi connectivity index (χ3v) is 3.78. The number of nitrogens with zero attached hydrogens (tertiary/aromatic N) is 1. The van der Waals surface area contributed by atoms with Gasteiger partial charge < -0.3 is 10.2 Å². The van der Waals surface area contributed by atoms with Gasteiger partial charge in [0.2, 0.25) is 0 Å². The van der Waals surface area contributed by atoms with Gasteiger partial charge in [-0.05, 0) is 56.0 Å². The molecule has 1 aromatic rings. The molecular weight excluding hydrogens is 208 g/mol. The highest BCUT2D eigenvalue weighted by molar-refractivity contribution is 5.46. The zero-order valence-corrected chi connectivity index (χ0v) is 11.1. The molecule has 2 heteroatoms. The predicted molar refractivity (Wildman–Crippen MR) is 74.7 cm³/mol. The summed E-state index contributed by atoms with van der Waals surface area (Å²) >= 11 is 0. The molecule has 2 nitrogen and oxygen atoms in total. The smallest absolute Gasteiger partial charge is 0.0363 e. The van der Waals surface area contributed by atoms with E-state index in [1.807, 2.05) is 0 Å². The number of piperidine rings is 1. The molecule has 17 heavy (non-hydrogen) atoms. The van der Waals surface area contributed by atoms with Gasteiger partial charge in [0, 0.05) is 19.3 Å². The number of benzene rings is 1. The highest BCUT2D eigenvalue weighted by atomic mass is 15.1. The Morgan fingerprint density at radius 2 is 1.82 bits per heavy atom. The minimum absolute atomic E-state index is 0.854. The molecule has 1 saturated heterocycles. The van der Waals surface area contributed by atoms with Crippen LogP contribution in [-0.4, -0.2) is 26.7 Å². The largest absolute Gasteiger partial charge is 0.374 e. The van der Waals surface area contributed by atoms with Crippen LogP contribution in [-0.2, 0) is 6.42 Å². The lowest BCUT2D eigenvalue weighted by Gasteiger charge is -2.28. The second-order valence-electron chi connectivity index (χ2n) is 5.09. The number of hydrogen-bond donors (Lipinski definition) is 1. The van der Waals surface area contributed by atoms with Crippen molar-refractivity contribution in [2.45, 2.75) is 26.2 Å². The van der Waals surface area contributed by atoms with E-state index in [1.54, 1.807) is 0 Å².